The van der Waals surface area contributed by atoms with E-state index in [0.717, 1.165) is 0 Å². The molecule has 0 nitrogen and oxygen atoms in total. The van der Waals surface area contributed by atoms with E-state index in [1.165, 1.54) is 18.5 Å². The van der Waals surface area contributed by atoms with E-state index in [-0.39, 0.29) is 0 Å². The quantitative estimate of drug-likeness (QED) is 0.396. The molecule has 0 atom stereocenters. The van der Waals surface area contributed by atoms with Gasteiger partial charge in [0.15, 0.2) is 0 Å². The summed E-state index contributed by atoms with van der Waals surface area (Å²) < 4.78 is 59.4. The van der Waals surface area contributed by atoms with E-state index in [1.807, 2.05) is 0 Å². The predicted molar refractivity (Wildman–Crippen MR) is 56.9 cm³/mol. The van der Waals surface area contributed by atoms with Crippen LogP contribution in [0.3, 0.4) is 0 Å². The van der Waals surface area contributed by atoms with Crippen molar-refractivity contribution in [3.8, 4) is 0 Å². The number of halogens is 6. The van der Waals surface area contributed by atoms with Crippen LogP contribution in [0.25, 0.3) is 0 Å². The van der Waals surface area contributed by atoms with E-state index >= 15 is 0 Å². The van der Waals surface area contributed by atoms with Gasteiger partial charge in [-0.1, -0.05) is 0 Å². The zero-order valence-corrected chi connectivity index (χ0v) is 12.1. The molecule has 0 aromatic carbocycles. The van der Waals surface area contributed by atoms with Crippen molar-refractivity contribution in [2.24, 2.45) is 0 Å². The van der Waals surface area contributed by atoms with Crippen molar-refractivity contribution in [3.63, 3.8) is 0 Å². The molecule has 0 aliphatic heterocycles. The fourth-order valence-electron chi connectivity index (χ4n) is 0.671. The van der Waals surface area contributed by atoms with Gasteiger partial charge in [0, 0.05) is 13.9 Å². The molecular weight excluding hydrogens is 304 g/mol. The van der Waals surface area contributed by atoms with E-state index in [1.54, 1.807) is 0 Å². The van der Waals surface area contributed by atoms with E-state index < -0.39 is 21.4 Å². The third-order valence-corrected chi connectivity index (χ3v) is 6.87. The summed E-state index contributed by atoms with van der Waals surface area (Å²) in [5, 5.41) is 0. The van der Waals surface area contributed by atoms with Crippen molar-refractivity contribution in [2.45, 2.75) is 20.8 Å². The van der Waals surface area contributed by atoms with Crippen LogP contribution in [-0.4, -0.2) is 39.3 Å². The van der Waals surface area contributed by atoms with Crippen LogP contribution in [0.4, 0.5) is 20.8 Å². The molecule has 15 heavy (non-hydrogen) atoms. The zero-order chi connectivity index (χ0) is 13.0. The van der Waals surface area contributed by atoms with E-state index in [0.29, 0.717) is 0 Å². The fourth-order valence-corrected chi connectivity index (χ4v) is 2.01. The molecule has 0 saturated carbocycles. The summed E-state index contributed by atoms with van der Waals surface area (Å²) >= 11 is -11.1. The van der Waals surface area contributed by atoms with Crippen LogP contribution in [0.1, 0.15) is 20.8 Å². The second-order valence-corrected chi connectivity index (χ2v) is 12.7. The molecule has 0 aliphatic carbocycles. The molecule has 0 saturated heterocycles. The first-order valence-corrected chi connectivity index (χ1v) is 11.6. The maximum absolute atomic E-state index is 11.1. The predicted octanol–water partition coefficient (Wildman–Crippen LogP) is 4.83. The summed E-state index contributed by atoms with van der Waals surface area (Å²) in [5.41, 5.74) is 0. The molecule has 0 spiro atoms. The number of hydrogen-bond donors (Lipinski definition) is 0. The molecule has 8 heteroatoms. The van der Waals surface area contributed by atoms with Crippen LogP contribution in [0.5, 0.6) is 0 Å². The summed E-state index contributed by atoms with van der Waals surface area (Å²) in [7, 11) is -0.412. The molecule has 0 heterocycles. The minimum absolute atomic E-state index is 0.412. The Morgan fingerprint density at radius 3 is 0.867 bits per heavy atom. The summed E-state index contributed by atoms with van der Waals surface area (Å²) in [6.07, 6.45) is 4.29. The van der Waals surface area contributed by atoms with Crippen molar-refractivity contribution in [1.29, 1.82) is 0 Å². The molecule has 0 bridgehead atoms. The van der Waals surface area contributed by atoms with E-state index in [4.69, 9.17) is 0 Å². The van der Waals surface area contributed by atoms with Gasteiger partial charge in [-0.3, -0.25) is 0 Å². The summed E-state index contributed by atoms with van der Waals surface area (Å²) in [5.74, 6) is 0. The Morgan fingerprint density at radius 1 is 0.733 bits per heavy atom. The number of rotatable bonds is 3. The van der Waals surface area contributed by atoms with Crippen molar-refractivity contribution in [1.82, 2.24) is 0 Å². The van der Waals surface area contributed by atoms with Crippen LogP contribution in [0.15, 0.2) is 0 Å². The molecule has 98 valence electrons. The molecule has 0 radical (unpaired) electrons. The Bertz CT molecular complexity index is 171. The third-order valence-electron chi connectivity index (χ3n) is 2.29. The Morgan fingerprint density at radius 2 is 0.867 bits per heavy atom. The van der Waals surface area contributed by atoms with Crippen LogP contribution in [0.2, 0.25) is 0 Å². The van der Waals surface area contributed by atoms with Gasteiger partial charge in [0.1, 0.15) is 0 Å². The first-order chi connectivity index (χ1) is 6.13. The monoisotopic (exact) mass is 322 g/mol. The maximum atomic E-state index is 9.91. The molecule has 0 aliphatic rings. The van der Waals surface area contributed by atoms with Crippen molar-refractivity contribution in [3.05, 3.63) is 0 Å². The van der Waals surface area contributed by atoms with Gasteiger partial charge in [0.05, 0.1) is 18.5 Å². The first kappa shape index (κ1) is 17.9. The second-order valence-electron chi connectivity index (χ2n) is 3.53. The molecular formula is C7H18AsF6P. The van der Waals surface area contributed by atoms with E-state index in [9.17, 15) is 20.8 Å². The van der Waals surface area contributed by atoms with Crippen LogP contribution < -0.4 is 0 Å². The summed E-state index contributed by atoms with van der Waals surface area (Å²) in [4.78, 5) is 0. The average Bonchev–Trinajstić information content (AvgIpc) is 1.97. The standard InChI is InChI=1S/C7H18P.AsF6/c1-5-8(4,6-2)7-3;2-1(3,4,5,6)7/h5-7H2,1-4H3;/q+1;-1. The minimum atomic E-state index is -11.1. The number of hydrogen-bond acceptors (Lipinski definition) is 0. The van der Waals surface area contributed by atoms with Crippen molar-refractivity contribution in [2.75, 3.05) is 25.2 Å². The van der Waals surface area contributed by atoms with Crippen LogP contribution in [0, 0.1) is 0 Å². The molecule has 0 aromatic heterocycles. The Labute approximate surface area is 88.6 Å². The van der Waals surface area contributed by atoms with Gasteiger partial charge in [-0.25, -0.2) is 0 Å². The van der Waals surface area contributed by atoms with Gasteiger partial charge in [-0.2, -0.15) is 0 Å². The molecule has 0 N–H and O–H groups in total. The Balaban J connectivity index is 0. The second kappa shape index (κ2) is 4.44. The molecule has 0 amide bonds. The Kier molecular flexibility index (Phi) is 5.32. The summed E-state index contributed by atoms with van der Waals surface area (Å²) in [6.45, 7) is 9.43. The SMILES string of the molecule is CC[P+](C)(CC)CC.F[As-](F)(F)(F)(F)F. The van der Waals surface area contributed by atoms with Crippen LogP contribution >= 0.6 is 7.26 Å². The van der Waals surface area contributed by atoms with Gasteiger partial charge in [-0.05, 0) is 20.8 Å². The third kappa shape index (κ3) is 25.1. The molecule has 0 fully saturated rings. The van der Waals surface area contributed by atoms with Gasteiger partial charge in [-0.15, -0.1) is 0 Å². The normalized spacial score (nSPS) is 17.2. The molecule has 0 rings (SSSR count). The van der Waals surface area contributed by atoms with Crippen molar-refractivity contribution >= 4 is 21.4 Å². The van der Waals surface area contributed by atoms with Crippen molar-refractivity contribution < 1.29 is 20.8 Å². The topological polar surface area (TPSA) is 0 Å². The van der Waals surface area contributed by atoms with Gasteiger partial charge in [0.2, 0.25) is 0 Å². The van der Waals surface area contributed by atoms with Gasteiger partial charge < -0.3 is 0 Å². The van der Waals surface area contributed by atoms with Crippen LogP contribution in [-0.2, 0) is 0 Å². The van der Waals surface area contributed by atoms with E-state index in [2.05, 4.69) is 27.4 Å². The zero-order valence-electron chi connectivity index (χ0n) is 9.28. The fraction of sp³-hybridized carbons (Fsp3) is 1.00. The van der Waals surface area contributed by atoms with Gasteiger partial charge >= 0.3 is 35.0 Å². The molecule has 0 unspecified atom stereocenters. The first-order valence-electron chi connectivity index (χ1n) is 4.53. The average molecular weight is 322 g/mol. The molecule has 0 aromatic rings. The summed E-state index contributed by atoms with van der Waals surface area (Å²) in [6, 6.07) is 0. The van der Waals surface area contributed by atoms with Gasteiger partial charge in [0.25, 0.3) is 0 Å². The Hall–Kier alpha value is 0.568.